The largest absolute Gasteiger partial charge is 0.441 e. The second-order valence-electron chi connectivity index (χ2n) is 4.03. The van der Waals surface area contributed by atoms with Crippen molar-refractivity contribution >= 4 is 50.5 Å². The zero-order valence-electron chi connectivity index (χ0n) is 10.3. The molecule has 3 nitrogen and oxygen atoms in total. The normalized spacial score (nSPS) is 13.9. The molecule has 9 heteroatoms. The van der Waals surface area contributed by atoms with Gasteiger partial charge in [0.2, 0.25) is 0 Å². The van der Waals surface area contributed by atoms with Gasteiger partial charge in [-0.05, 0) is 40.7 Å². The second-order valence-corrected chi connectivity index (χ2v) is 6.76. The molecule has 2 heterocycles. The smallest absolute Gasteiger partial charge is 0.311 e. The van der Waals surface area contributed by atoms with E-state index in [9.17, 15) is 13.2 Å². The summed E-state index contributed by atoms with van der Waals surface area (Å²) in [6, 6.07) is 1.76. The van der Waals surface area contributed by atoms with Crippen LogP contribution in [-0.4, -0.2) is 25.8 Å². The molecule has 0 N–H and O–H groups in total. The number of aromatic nitrogens is 3. The first-order valence-corrected chi connectivity index (χ1v) is 7.86. The number of pyridine rings is 1. The van der Waals surface area contributed by atoms with Crippen LogP contribution in [-0.2, 0) is 6.54 Å². The molecule has 0 amide bonds. The molecule has 2 rings (SSSR count). The first-order chi connectivity index (χ1) is 9.28. The number of rotatable bonds is 4. The lowest BCUT2D eigenvalue weighted by atomic mass is 10.4. The van der Waals surface area contributed by atoms with Crippen molar-refractivity contribution in [2.75, 3.05) is 5.75 Å². The van der Waals surface area contributed by atoms with Crippen LogP contribution in [0.1, 0.15) is 18.1 Å². The Labute approximate surface area is 131 Å². The number of halogens is 5. The van der Waals surface area contributed by atoms with Gasteiger partial charge in [-0.25, -0.2) is 9.97 Å². The molecule has 0 bridgehead atoms. The minimum absolute atomic E-state index is 0.0648. The average molecular weight is 389 g/mol. The van der Waals surface area contributed by atoms with Gasteiger partial charge in [-0.15, -0.1) is 11.6 Å². The van der Waals surface area contributed by atoms with E-state index in [-0.39, 0.29) is 24.1 Å². The zero-order valence-corrected chi connectivity index (χ0v) is 13.4. The number of imidazole rings is 1. The fourth-order valence-electron chi connectivity index (χ4n) is 1.78. The van der Waals surface area contributed by atoms with E-state index in [2.05, 4.69) is 25.9 Å². The number of fused-ring (bicyclic) bond motifs is 1. The highest BCUT2D eigenvalue weighted by atomic mass is 79.9. The summed E-state index contributed by atoms with van der Waals surface area (Å²) >= 11 is 9.26. The van der Waals surface area contributed by atoms with E-state index in [1.54, 1.807) is 23.8 Å². The average Bonchev–Trinajstić information content (AvgIpc) is 2.66. The summed E-state index contributed by atoms with van der Waals surface area (Å²) < 4.78 is 39.0. The molecule has 110 valence electrons. The number of aryl methyl sites for hydroxylation is 1. The molecule has 0 spiro atoms. The van der Waals surface area contributed by atoms with Crippen molar-refractivity contribution in [3.05, 3.63) is 22.6 Å². The lowest BCUT2D eigenvalue weighted by Crippen LogP contribution is -2.10. The van der Waals surface area contributed by atoms with Crippen LogP contribution in [0.3, 0.4) is 0 Å². The van der Waals surface area contributed by atoms with Gasteiger partial charge in [-0.3, -0.25) is 0 Å². The van der Waals surface area contributed by atoms with Crippen LogP contribution in [0.2, 0.25) is 0 Å². The van der Waals surface area contributed by atoms with Crippen molar-refractivity contribution < 1.29 is 13.2 Å². The summed E-state index contributed by atoms with van der Waals surface area (Å²) in [5.74, 6) is 0.415. The first-order valence-electron chi connectivity index (χ1n) is 5.64. The Bertz CT molecular complexity index is 615. The molecule has 20 heavy (non-hydrogen) atoms. The summed E-state index contributed by atoms with van der Waals surface area (Å²) in [6.07, 6.45) is 1.58. The first kappa shape index (κ1) is 15.9. The summed E-state index contributed by atoms with van der Waals surface area (Å²) in [6.45, 7) is 1.88. The van der Waals surface area contributed by atoms with Gasteiger partial charge in [-0.2, -0.15) is 13.2 Å². The number of nitrogens with zero attached hydrogens (tertiary/aromatic N) is 3. The van der Waals surface area contributed by atoms with Crippen molar-refractivity contribution in [2.24, 2.45) is 0 Å². The molecule has 2 aromatic heterocycles. The maximum Gasteiger partial charge on any atom is 0.441 e. The minimum atomic E-state index is -4.24. The van der Waals surface area contributed by atoms with E-state index in [1.165, 1.54) is 0 Å². The third-order valence-electron chi connectivity index (χ3n) is 2.52. The van der Waals surface area contributed by atoms with E-state index in [0.717, 1.165) is 4.47 Å². The van der Waals surface area contributed by atoms with Crippen molar-refractivity contribution in [3.63, 3.8) is 0 Å². The van der Waals surface area contributed by atoms with Crippen LogP contribution < -0.4 is 0 Å². The van der Waals surface area contributed by atoms with Gasteiger partial charge in [0.05, 0.1) is 5.38 Å². The highest BCUT2D eigenvalue weighted by Crippen LogP contribution is 2.31. The predicted molar refractivity (Wildman–Crippen MR) is 78.0 cm³/mol. The molecular formula is C11H10BrClF3N3S. The van der Waals surface area contributed by atoms with Gasteiger partial charge in [0, 0.05) is 23.0 Å². The van der Waals surface area contributed by atoms with Crippen LogP contribution in [0.15, 0.2) is 16.7 Å². The zero-order chi connectivity index (χ0) is 14.9. The van der Waals surface area contributed by atoms with E-state index in [0.29, 0.717) is 17.0 Å². The Hall–Kier alpha value is -0.470. The Kier molecular flexibility index (Phi) is 4.86. The number of hydrogen-bond donors (Lipinski definition) is 0. The number of hydrogen-bond acceptors (Lipinski definition) is 3. The van der Waals surface area contributed by atoms with E-state index >= 15 is 0 Å². The van der Waals surface area contributed by atoms with Gasteiger partial charge in [0.1, 0.15) is 11.3 Å². The number of thioether (sulfide) groups is 1. The molecule has 0 aliphatic rings. The fourth-order valence-corrected chi connectivity index (χ4v) is 2.77. The summed E-state index contributed by atoms with van der Waals surface area (Å²) in [5.41, 5.74) is -3.09. The van der Waals surface area contributed by atoms with E-state index in [4.69, 9.17) is 11.6 Å². The van der Waals surface area contributed by atoms with Crippen molar-refractivity contribution in [1.29, 1.82) is 0 Å². The molecule has 0 aliphatic heterocycles. The van der Waals surface area contributed by atoms with Crippen molar-refractivity contribution in [1.82, 2.24) is 14.5 Å². The second kappa shape index (κ2) is 6.11. The molecule has 1 unspecified atom stereocenters. The van der Waals surface area contributed by atoms with Crippen molar-refractivity contribution in [2.45, 2.75) is 24.4 Å². The standard InChI is InChI=1S/C11H10BrClF3N3S/c1-6(13)9-18-8-4-7(12)5-17-10(8)19(9)2-3-20-11(14,15)16/h4-6H,2-3H2,1H3. The maximum atomic E-state index is 12.2. The van der Waals surface area contributed by atoms with Crippen LogP contribution in [0.25, 0.3) is 11.2 Å². The topological polar surface area (TPSA) is 30.7 Å². The van der Waals surface area contributed by atoms with Crippen LogP contribution in [0.4, 0.5) is 13.2 Å². The highest BCUT2D eigenvalue weighted by molar-refractivity contribution is 9.10. The van der Waals surface area contributed by atoms with Crippen LogP contribution >= 0.6 is 39.3 Å². The third kappa shape index (κ3) is 3.79. The molecule has 2 aromatic rings. The Balaban J connectivity index is 2.32. The fraction of sp³-hybridized carbons (Fsp3) is 0.455. The lowest BCUT2D eigenvalue weighted by molar-refractivity contribution is -0.0328. The molecule has 0 saturated heterocycles. The van der Waals surface area contributed by atoms with E-state index < -0.39 is 10.9 Å². The maximum absolute atomic E-state index is 12.2. The van der Waals surface area contributed by atoms with Gasteiger partial charge in [0.15, 0.2) is 5.65 Å². The van der Waals surface area contributed by atoms with Gasteiger partial charge in [-0.1, -0.05) is 0 Å². The summed E-state index contributed by atoms with van der Waals surface area (Å²) in [5, 5.41) is -0.404. The third-order valence-corrected chi connectivity index (χ3v) is 3.86. The minimum Gasteiger partial charge on any atom is -0.311 e. The Morgan fingerprint density at radius 3 is 2.80 bits per heavy atom. The number of alkyl halides is 4. The molecule has 0 saturated carbocycles. The highest BCUT2D eigenvalue weighted by Gasteiger charge is 2.28. The van der Waals surface area contributed by atoms with Crippen molar-refractivity contribution in [3.8, 4) is 0 Å². The molecule has 0 aromatic carbocycles. The molecule has 0 fully saturated rings. The van der Waals surface area contributed by atoms with Gasteiger partial charge in [0.25, 0.3) is 0 Å². The SMILES string of the molecule is CC(Cl)c1nc2cc(Br)cnc2n1CCSC(F)(F)F. The molecular weight excluding hydrogens is 379 g/mol. The Morgan fingerprint density at radius 1 is 1.50 bits per heavy atom. The molecule has 0 radical (unpaired) electrons. The monoisotopic (exact) mass is 387 g/mol. The quantitative estimate of drug-likeness (QED) is 0.708. The van der Waals surface area contributed by atoms with Crippen LogP contribution in [0.5, 0.6) is 0 Å². The van der Waals surface area contributed by atoms with Gasteiger partial charge < -0.3 is 4.57 Å². The Morgan fingerprint density at radius 2 is 2.20 bits per heavy atom. The van der Waals surface area contributed by atoms with E-state index in [1.807, 2.05) is 0 Å². The lowest BCUT2D eigenvalue weighted by Gasteiger charge is -2.10. The summed E-state index contributed by atoms with van der Waals surface area (Å²) in [7, 11) is 0. The molecule has 1 atom stereocenters. The predicted octanol–water partition coefficient (Wildman–Crippen LogP) is 4.75. The summed E-state index contributed by atoms with van der Waals surface area (Å²) in [4.78, 5) is 8.54. The molecule has 0 aliphatic carbocycles. The van der Waals surface area contributed by atoms with Gasteiger partial charge >= 0.3 is 5.51 Å². The van der Waals surface area contributed by atoms with Crippen LogP contribution in [0, 0.1) is 0 Å².